The Morgan fingerprint density at radius 2 is 1.76 bits per heavy atom. The number of amides is 1. The van der Waals surface area contributed by atoms with Crippen molar-refractivity contribution in [3.63, 3.8) is 0 Å². The zero-order chi connectivity index (χ0) is 15.2. The molecule has 0 aliphatic rings. The Kier molecular flexibility index (Phi) is 5.62. The van der Waals surface area contributed by atoms with Crippen molar-refractivity contribution in [2.45, 2.75) is 19.6 Å². The Morgan fingerprint density at radius 1 is 1.00 bits per heavy atom. The molecule has 3 nitrogen and oxygen atoms in total. The summed E-state index contributed by atoms with van der Waals surface area (Å²) in [6.07, 6.45) is 0.247. The summed E-state index contributed by atoms with van der Waals surface area (Å²) in [6.45, 7) is 0.416. The van der Waals surface area contributed by atoms with E-state index in [4.69, 9.17) is 28.3 Å². The number of carbonyl (C=O) groups is 1. The number of hydrogen-bond acceptors (Lipinski definition) is 2. The second-order valence-electron chi connectivity index (χ2n) is 4.68. The zero-order valence-corrected chi connectivity index (χ0v) is 12.8. The van der Waals surface area contributed by atoms with Gasteiger partial charge in [-0.3, -0.25) is 4.79 Å². The summed E-state index contributed by atoms with van der Waals surface area (Å²) in [5, 5.41) is 12.8. The number of benzene rings is 2. The molecule has 0 aromatic heterocycles. The molecule has 0 atom stereocenters. The third-order valence-corrected chi connectivity index (χ3v) is 3.75. The molecule has 0 fully saturated rings. The van der Waals surface area contributed by atoms with Gasteiger partial charge in [0.05, 0.1) is 23.1 Å². The van der Waals surface area contributed by atoms with Crippen LogP contribution in [0.15, 0.2) is 42.5 Å². The highest BCUT2D eigenvalue weighted by molar-refractivity contribution is 6.42. The van der Waals surface area contributed by atoms with Gasteiger partial charge in [0, 0.05) is 6.54 Å². The minimum absolute atomic E-state index is 0.00887. The number of rotatable bonds is 5. The number of aliphatic hydroxyl groups is 1. The summed E-state index contributed by atoms with van der Waals surface area (Å²) >= 11 is 11.8. The van der Waals surface area contributed by atoms with Gasteiger partial charge in [-0.2, -0.15) is 0 Å². The normalized spacial score (nSPS) is 10.4. The Labute approximate surface area is 133 Å². The molecule has 0 bridgehead atoms. The van der Waals surface area contributed by atoms with E-state index in [2.05, 4.69) is 5.32 Å². The van der Waals surface area contributed by atoms with Crippen LogP contribution in [0.3, 0.4) is 0 Å². The summed E-state index contributed by atoms with van der Waals surface area (Å²) in [5.74, 6) is -0.0946. The molecular formula is C16H15Cl2NO2. The van der Waals surface area contributed by atoms with Gasteiger partial charge in [-0.1, -0.05) is 53.5 Å². The molecule has 2 rings (SSSR count). The molecule has 2 N–H and O–H groups in total. The van der Waals surface area contributed by atoms with Gasteiger partial charge in [0.1, 0.15) is 0 Å². The van der Waals surface area contributed by atoms with E-state index in [1.165, 1.54) is 0 Å². The molecule has 0 heterocycles. The van der Waals surface area contributed by atoms with Crippen LogP contribution in [-0.2, 0) is 24.4 Å². The van der Waals surface area contributed by atoms with Crippen LogP contribution in [0.1, 0.15) is 16.7 Å². The molecule has 2 aromatic carbocycles. The molecular weight excluding hydrogens is 309 g/mol. The number of halogens is 2. The van der Waals surface area contributed by atoms with Crippen molar-refractivity contribution in [1.29, 1.82) is 0 Å². The fourth-order valence-electron chi connectivity index (χ4n) is 1.94. The maximum atomic E-state index is 11.9. The first-order chi connectivity index (χ1) is 10.1. The van der Waals surface area contributed by atoms with E-state index in [0.29, 0.717) is 16.6 Å². The highest BCUT2D eigenvalue weighted by Crippen LogP contribution is 2.22. The Bertz CT molecular complexity index is 644. The summed E-state index contributed by atoms with van der Waals surface area (Å²) in [4.78, 5) is 11.9. The molecule has 0 saturated heterocycles. The molecule has 0 unspecified atom stereocenters. The monoisotopic (exact) mass is 323 g/mol. The van der Waals surface area contributed by atoms with Crippen LogP contribution in [0.2, 0.25) is 10.0 Å². The predicted molar refractivity (Wildman–Crippen MR) is 84.4 cm³/mol. The van der Waals surface area contributed by atoms with Gasteiger partial charge in [-0.05, 0) is 28.8 Å². The molecule has 5 heteroatoms. The van der Waals surface area contributed by atoms with Crippen molar-refractivity contribution in [3.8, 4) is 0 Å². The van der Waals surface area contributed by atoms with E-state index in [9.17, 15) is 4.79 Å². The van der Waals surface area contributed by atoms with Crippen LogP contribution in [0, 0.1) is 0 Å². The van der Waals surface area contributed by atoms with Gasteiger partial charge in [0.2, 0.25) is 5.91 Å². The van der Waals surface area contributed by atoms with Crippen LogP contribution in [0.4, 0.5) is 0 Å². The van der Waals surface area contributed by atoms with Crippen molar-refractivity contribution in [2.75, 3.05) is 0 Å². The van der Waals surface area contributed by atoms with Gasteiger partial charge in [0.15, 0.2) is 0 Å². The minimum Gasteiger partial charge on any atom is -0.392 e. The highest BCUT2D eigenvalue weighted by atomic mass is 35.5. The Morgan fingerprint density at radius 3 is 2.48 bits per heavy atom. The lowest BCUT2D eigenvalue weighted by Crippen LogP contribution is -2.24. The fraction of sp³-hybridized carbons (Fsp3) is 0.188. The third kappa shape index (κ3) is 4.74. The number of nitrogens with one attached hydrogen (secondary N) is 1. The molecule has 0 aliphatic heterocycles. The molecule has 2 aromatic rings. The average molecular weight is 324 g/mol. The quantitative estimate of drug-likeness (QED) is 0.886. The molecule has 110 valence electrons. The first kappa shape index (κ1) is 15.8. The fourth-order valence-corrected chi connectivity index (χ4v) is 2.26. The van der Waals surface area contributed by atoms with Crippen molar-refractivity contribution in [2.24, 2.45) is 0 Å². The lowest BCUT2D eigenvalue weighted by Gasteiger charge is -2.07. The second-order valence-corrected chi connectivity index (χ2v) is 5.49. The molecule has 0 spiro atoms. The maximum absolute atomic E-state index is 11.9. The third-order valence-electron chi connectivity index (χ3n) is 3.01. The predicted octanol–water partition coefficient (Wildman–Crippen LogP) is 3.34. The molecule has 0 aliphatic carbocycles. The summed E-state index contributed by atoms with van der Waals surface area (Å²) in [5.41, 5.74) is 2.58. The minimum atomic E-state index is -0.0946. The van der Waals surface area contributed by atoms with Crippen molar-refractivity contribution >= 4 is 29.1 Å². The smallest absolute Gasteiger partial charge is 0.224 e. The van der Waals surface area contributed by atoms with Crippen LogP contribution in [0.5, 0.6) is 0 Å². The zero-order valence-electron chi connectivity index (χ0n) is 11.3. The van der Waals surface area contributed by atoms with Gasteiger partial charge in [-0.15, -0.1) is 0 Å². The lowest BCUT2D eigenvalue weighted by atomic mass is 10.1. The van der Waals surface area contributed by atoms with E-state index >= 15 is 0 Å². The van der Waals surface area contributed by atoms with E-state index in [-0.39, 0.29) is 18.9 Å². The van der Waals surface area contributed by atoms with E-state index in [1.54, 1.807) is 18.2 Å². The topological polar surface area (TPSA) is 49.3 Å². The maximum Gasteiger partial charge on any atom is 0.224 e. The average Bonchev–Trinajstić information content (AvgIpc) is 2.49. The standard InChI is InChI=1S/C16H15Cl2NO2/c17-14-5-4-11(7-15(14)18)8-16(21)19-9-12-2-1-3-13(6-12)10-20/h1-7,20H,8-10H2,(H,19,21). The lowest BCUT2D eigenvalue weighted by molar-refractivity contribution is -0.120. The second kappa shape index (κ2) is 7.46. The Hall–Kier alpha value is -1.55. The number of hydrogen-bond donors (Lipinski definition) is 2. The van der Waals surface area contributed by atoms with Crippen LogP contribution < -0.4 is 5.32 Å². The van der Waals surface area contributed by atoms with Crippen molar-refractivity contribution in [1.82, 2.24) is 5.32 Å². The highest BCUT2D eigenvalue weighted by Gasteiger charge is 2.06. The van der Waals surface area contributed by atoms with Crippen LogP contribution in [-0.4, -0.2) is 11.0 Å². The number of aliphatic hydroxyl groups excluding tert-OH is 1. The van der Waals surface area contributed by atoms with Gasteiger partial charge < -0.3 is 10.4 Å². The van der Waals surface area contributed by atoms with Gasteiger partial charge in [-0.25, -0.2) is 0 Å². The molecule has 0 saturated carbocycles. The molecule has 0 radical (unpaired) electrons. The van der Waals surface area contributed by atoms with E-state index < -0.39 is 0 Å². The number of carbonyl (C=O) groups excluding carboxylic acids is 1. The van der Waals surface area contributed by atoms with E-state index in [0.717, 1.165) is 16.7 Å². The molecule has 21 heavy (non-hydrogen) atoms. The summed E-state index contributed by atoms with van der Waals surface area (Å²) < 4.78 is 0. The van der Waals surface area contributed by atoms with Gasteiger partial charge >= 0.3 is 0 Å². The Balaban J connectivity index is 1.91. The van der Waals surface area contributed by atoms with Crippen molar-refractivity contribution in [3.05, 3.63) is 69.2 Å². The van der Waals surface area contributed by atoms with Crippen molar-refractivity contribution < 1.29 is 9.90 Å². The summed E-state index contributed by atoms with van der Waals surface area (Å²) in [7, 11) is 0. The largest absolute Gasteiger partial charge is 0.392 e. The first-order valence-electron chi connectivity index (χ1n) is 6.48. The van der Waals surface area contributed by atoms with Crippen LogP contribution in [0.25, 0.3) is 0 Å². The summed E-state index contributed by atoms with van der Waals surface area (Å²) in [6, 6.07) is 12.6. The molecule has 1 amide bonds. The SMILES string of the molecule is O=C(Cc1ccc(Cl)c(Cl)c1)NCc1cccc(CO)c1. The van der Waals surface area contributed by atoms with Crippen LogP contribution >= 0.6 is 23.2 Å². The van der Waals surface area contributed by atoms with E-state index in [1.807, 2.05) is 24.3 Å². The first-order valence-corrected chi connectivity index (χ1v) is 7.23. The van der Waals surface area contributed by atoms with Gasteiger partial charge in [0.25, 0.3) is 0 Å².